The maximum Gasteiger partial charge on any atom is 0.304 e. The van der Waals surface area contributed by atoms with E-state index in [1.807, 2.05) is 42.6 Å². The van der Waals surface area contributed by atoms with E-state index in [0.29, 0.717) is 19.6 Å². The lowest BCUT2D eigenvalue weighted by atomic mass is 9.67. The Hall–Kier alpha value is -3.32. The van der Waals surface area contributed by atoms with Crippen molar-refractivity contribution in [3.63, 3.8) is 0 Å². The van der Waals surface area contributed by atoms with E-state index in [1.54, 1.807) is 13.2 Å². The standard InChI is InChI=1S/C18H26N2O3.C16H21NO3.C2H2.H2/c1-20(22-2)16(21)13-17(15-7-3-6-11-19-15)10-12-23-18(14-17)8-4-5-9-18;18-14(19)11-15(13-5-1-4-9-17-13)8-10-20-16(12-15)6-2-3-7-16;1-2;/h3,6-7,11H,4-5,8-10,12-14H2,1-2H3;1,4-5,9H,2-3,6-8,10-12H2,(H,18,19);1-2H;1H/t17-;15-;;/m00../s1/i;;;1+1D. The highest BCUT2D eigenvalue weighted by Crippen LogP contribution is 2.51. The summed E-state index contributed by atoms with van der Waals surface area (Å²) in [6.45, 7) is 1.34. The molecule has 2 aliphatic carbocycles. The lowest BCUT2D eigenvalue weighted by Gasteiger charge is -2.46. The van der Waals surface area contributed by atoms with Crippen LogP contribution in [0.15, 0.2) is 48.8 Å². The first kappa shape index (κ1) is 33.1. The van der Waals surface area contributed by atoms with Crippen molar-refractivity contribution in [1.29, 1.82) is 0 Å². The van der Waals surface area contributed by atoms with Crippen LogP contribution in [0.4, 0.5) is 0 Å². The van der Waals surface area contributed by atoms with Gasteiger partial charge in [-0.3, -0.25) is 24.4 Å². The minimum atomic E-state index is -0.745. The number of aromatic nitrogens is 2. The summed E-state index contributed by atoms with van der Waals surface area (Å²) in [5.74, 6) is -0.751. The third-order valence-corrected chi connectivity index (χ3v) is 10.3. The van der Waals surface area contributed by atoms with Crippen molar-refractivity contribution in [2.75, 3.05) is 27.4 Å². The predicted octanol–water partition coefficient (Wildman–Crippen LogP) is 6.27. The zero-order valence-electron chi connectivity index (χ0n) is 28.9. The molecule has 1 amide bonds. The van der Waals surface area contributed by atoms with Gasteiger partial charge in [0.15, 0.2) is 0 Å². The molecular weight excluding hydrogens is 570 g/mol. The molecule has 2 aliphatic heterocycles. The maximum absolute atomic E-state index is 12.6. The van der Waals surface area contributed by atoms with Gasteiger partial charge in [-0.15, -0.1) is 12.8 Å². The highest BCUT2D eigenvalue weighted by atomic mass is 16.7. The van der Waals surface area contributed by atoms with Crippen LogP contribution in [0, 0.1) is 12.8 Å². The summed E-state index contributed by atoms with van der Waals surface area (Å²) in [6.07, 6.45) is 24.5. The fourth-order valence-electron chi connectivity index (χ4n) is 8.18. The molecule has 0 aromatic carbocycles. The number of terminal acetylenes is 1. The lowest BCUT2D eigenvalue weighted by Crippen LogP contribution is -2.48. The number of ether oxygens (including phenoxy) is 2. The summed E-state index contributed by atoms with van der Waals surface area (Å²) in [6, 6.07) is 11.8. The van der Waals surface area contributed by atoms with Crippen molar-refractivity contribution in [1.82, 2.24) is 15.0 Å². The van der Waals surface area contributed by atoms with Gasteiger partial charge in [0.05, 0.1) is 24.7 Å². The molecule has 0 radical (unpaired) electrons. The summed E-state index contributed by atoms with van der Waals surface area (Å²) in [4.78, 5) is 38.1. The first-order valence-electron chi connectivity index (χ1n) is 17.2. The number of hydrogen-bond donors (Lipinski definition) is 1. The SMILES string of the molecule is C#C.CON(C)C(=O)C[C@@]1(c2ccccn2)CCOC2(CCCC2)C1.O=C(O)C[C@@]1(c2ccccn2)CCOC2(CCCC2)C1.[2H][2H]. The number of aliphatic carboxylic acids is 1. The highest BCUT2D eigenvalue weighted by molar-refractivity contribution is 5.76. The molecule has 0 bridgehead atoms. The van der Waals surface area contributed by atoms with Gasteiger partial charge in [-0.05, 0) is 75.6 Å². The maximum atomic E-state index is 12.6. The van der Waals surface area contributed by atoms with E-state index in [2.05, 4.69) is 22.8 Å². The molecule has 45 heavy (non-hydrogen) atoms. The number of nitrogens with zero attached hydrogens (tertiary/aromatic N) is 3. The summed E-state index contributed by atoms with van der Waals surface area (Å²) < 4.78 is 22.3. The van der Waals surface area contributed by atoms with Crippen LogP contribution in [-0.4, -0.2) is 70.6 Å². The first-order valence-corrected chi connectivity index (χ1v) is 16.2. The number of rotatable bonds is 7. The largest absolute Gasteiger partial charge is 0.481 e. The fraction of sp³-hybridized carbons (Fsp3) is 0.611. The average Bonchev–Trinajstić information content (AvgIpc) is 3.76. The molecule has 4 heterocycles. The molecule has 9 nitrogen and oxygen atoms in total. The van der Waals surface area contributed by atoms with Crippen LogP contribution in [0.1, 0.15) is 104 Å². The normalized spacial score (nSPS) is 26.4. The molecule has 4 fully saturated rings. The topological polar surface area (TPSA) is 111 Å². The number of carbonyl (C=O) groups excluding carboxylic acids is 1. The lowest BCUT2D eigenvalue weighted by molar-refractivity contribution is -0.173. The van der Waals surface area contributed by atoms with Crippen LogP contribution < -0.4 is 0 Å². The number of carboxylic acids is 1. The highest BCUT2D eigenvalue weighted by Gasteiger charge is 2.51. The Bertz CT molecular complexity index is 1270. The summed E-state index contributed by atoms with van der Waals surface area (Å²) in [7, 11) is 3.19. The van der Waals surface area contributed by atoms with Crippen LogP contribution in [-0.2, 0) is 34.7 Å². The van der Waals surface area contributed by atoms with Crippen LogP contribution in [0.3, 0.4) is 0 Å². The van der Waals surface area contributed by atoms with Crippen LogP contribution in [0.25, 0.3) is 0 Å². The van der Waals surface area contributed by atoms with E-state index in [-0.39, 0.29) is 34.4 Å². The molecule has 1 N–H and O–H groups in total. The Kier molecular flexibility index (Phi) is 11.2. The molecule has 2 saturated carbocycles. The van der Waals surface area contributed by atoms with Gasteiger partial charge in [-0.2, -0.15) is 0 Å². The second-order valence-electron chi connectivity index (χ2n) is 13.1. The Balaban J connectivity index is 0.000000233. The molecule has 4 aliphatic rings. The summed E-state index contributed by atoms with van der Waals surface area (Å²) in [5.41, 5.74) is 1.13. The Morgan fingerprint density at radius 1 is 0.844 bits per heavy atom. The minimum absolute atomic E-state index is 0.00630. The van der Waals surface area contributed by atoms with Crippen molar-refractivity contribution in [2.45, 2.75) is 112 Å². The van der Waals surface area contributed by atoms with Crippen LogP contribution in [0.5, 0.6) is 0 Å². The molecule has 246 valence electrons. The van der Waals surface area contributed by atoms with Crippen molar-refractivity contribution >= 4 is 11.9 Å². The second-order valence-corrected chi connectivity index (χ2v) is 13.1. The number of carboxylic acid groups (broad SMARTS) is 1. The Labute approximate surface area is 271 Å². The third-order valence-electron chi connectivity index (χ3n) is 10.3. The van der Waals surface area contributed by atoms with Gasteiger partial charge >= 0.3 is 5.97 Å². The monoisotopic (exact) mass is 623 g/mol. The van der Waals surface area contributed by atoms with Gasteiger partial charge < -0.3 is 14.6 Å². The van der Waals surface area contributed by atoms with Gasteiger partial charge in [-0.25, -0.2) is 5.06 Å². The molecule has 0 unspecified atom stereocenters. The number of carbonyl (C=O) groups is 2. The van der Waals surface area contributed by atoms with Gasteiger partial charge in [0.1, 0.15) is 0 Å². The molecule has 2 aromatic rings. The molecule has 2 spiro atoms. The Morgan fingerprint density at radius 3 is 1.67 bits per heavy atom. The van der Waals surface area contributed by atoms with E-state index in [0.717, 1.165) is 62.8 Å². The molecule has 2 aromatic heterocycles. The molecule has 2 atom stereocenters. The number of hydroxylamine groups is 2. The minimum Gasteiger partial charge on any atom is -0.481 e. The molecule has 9 heteroatoms. The smallest absolute Gasteiger partial charge is 0.304 e. The van der Waals surface area contributed by atoms with Gasteiger partial charge in [-0.1, -0.05) is 37.8 Å². The number of amides is 1. The van der Waals surface area contributed by atoms with Crippen molar-refractivity contribution in [2.24, 2.45) is 0 Å². The molecular formula is C36H51N3O6. The van der Waals surface area contributed by atoms with Gasteiger partial charge in [0.2, 0.25) is 5.91 Å². The number of hydrogen-bond acceptors (Lipinski definition) is 7. The van der Waals surface area contributed by atoms with Crippen LogP contribution >= 0.6 is 0 Å². The summed E-state index contributed by atoms with van der Waals surface area (Å²) in [5, 5.41) is 10.7. The van der Waals surface area contributed by atoms with E-state index in [1.165, 1.54) is 37.9 Å². The van der Waals surface area contributed by atoms with E-state index in [9.17, 15) is 14.7 Å². The van der Waals surface area contributed by atoms with Crippen LogP contribution in [0.2, 0.25) is 0 Å². The fourth-order valence-corrected chi connectivity index (χ4v) is 8.18. The average molecular weight is 624 g/mol. The first-order chi connectivity index (χ1) is 22.7. The predicted molar refractivity (Wildman–Crippen MR) is 173 cm³/mol. The zero-order chi connectivity index (χ0) is 34.4. The second kappa shape index (κ2) is 15.3. The Morgan fingerprint density at radius 2 is 1.29 bits per heavy atom. The van der Waals surface area contributed by atoms with E-state index >= 15 is 0 Å². The molecule has 2 saturated heterocycles. The van der Waals surface area contributed by atoms with E-state index < -0.39 is 5.97 Å². The molecule has 6 rings (SSSR count). The third kappa shape index (κ3) is 8.10. The van der Waals surface area contributed by atoms with Gasteiger partial charge in [0, 0.05) is 64.3 Å². The number of pyridine rings is 2. The quantitative estimate of drug-likeness (QED) is 0.284. The van der Waals surface area contributed by atoms with Crippen molar-refractivity contribution in [3.8, 4) is 12.8 Å². The van der Waals surface area contributed by atoms with Crippen molar-refractivity contribution in [3.05, 3.63) is 60.2 Å². The zero-order valence-corrected chi connectivity index (χ0v) is 26.9. The summed E-state index contributed by atoms with van der Waals surface area (Å²) >= 11 is 0. The van der Waals surface area contributed by atoms with E-state index in [4.69, 9.17) is 17.3 Å². The van der Waals surface area contributed by atoms with Gasteiger partial charge in [0.25, 0.3) is 0 Å². The van der Waals surface area contributed by atoms with Crippen molar-refractivity contribution < 1.29 is 32.0 Å².